The van der Waals surface area contributed by atoms with Gasteiger partial charge in [-0.05, 0) is 48.9 Å². The summed E-state index contributed by atoms with van der Waals surface area (Å²) in [6.07, 6.45) is 0. The summed E-state index contributed by atoms with van der Waals surface area (Å²) in [6.45, 7) is 4.99. The summed E-state index contributed by atoms with van der Waals surface area (Å²) >= 11 is 12.0. The molecule has 0 atom stereocenters. The number of benzene rings is 2. The van der Waals surface area contributed by atoms with Crippen LogP contribution in [0.25, 0.3) is 0 Å². The first kappa shape index (κ1) is 16.9. The number of carbonyl (C=O) groups is 1. The smallest absolute Gasteiger partial charge is 0.321 e. The van der Waals surface area contributed by atoms with Crippen molar-refractivity contribution >= 4 is 40.6 Å². The Labute approximate surface area is 152 Å². The van der Waals surface area contributed by atoms with Crippen LogP contribution in [0.2, 0.25) is 10.0 Å². The van der Waals surface area contributed by atoms with E-state index in [9.17, 15) is 4.79 Å². The third kappa shape index (κ3) is 3.94. The minimum Gasteiger partial charge on any atom is -0.368 e. The molecular formula is C18H19Cl2N3O. The van der Waals surface area contributed by atoms with Crippen LogP contribution in [-0.4, -0.2) is 37.1 Å². The largest absolute Gasteiger partial charge is 0.368 e. The van der Waals surface area contributed by atoms with E-state index in [-0.39, 0.29) is 6.03 Å². The Morgan fingerprint density at radius 2 is 1.58 bits per heavy atom. The van der Waals surface area contributed by atoms with Crippen LogP contribution in [0.3, 0.4) is 0 Å². The van der Waals surface area contributed by atoms with Gasteiger partial charge in [-0.25, -0.2) is 4.79 Å². The molecule has 0 saturated carbocycles. The van der Waals surface area contributed by atoms with Crippen LogP contribution in [0.1, 0.15) is 5.56 Å². The van der Waals surface area contributed by atoms with Crippen LogP contribution in [0.5, 0.6) is 0 Å². The molecule has 1 aliphatic rings. The summed E-state index contributed by atoms with van der Waals surface area (Å²) < 4.78 is 0. The number of nitrogens with one attached hydrogen (secondary N) is 1. The van der Waals surface area contributed by atoms with Gasteiger partial charge >= 0.3 is 6.03 Å². The zero-order valence-electron chi connectivity index (χ0n) is 13.4. The second-order valence-corrected chi connectivity index (χ2v) is 6.71. The van der Waals surface area contributed by atoms with E-state index in [2.05, 4.69) is 17.1 Å². The van der Waals surface area contributed by atoms with E-state index in [0.29, 0.717) is 18.1 Å². The lowest BCUT2D eigenvalue weighted by molar-refractivity contribution is 0.208. The number of hydrogen-bond acceptors (Lipinski definition) is 2. The van der Waals surface area contributed by atoms with Gasteiger partial charge in [0.2, 0.25) is 0 Å². The molecular weight excluding hydrogens is 345 g/mol. The number of halogens is 2. The first-order valence-electron chi connectivity index (χ1n) is 7.85. The highest BCUT2D eigenvalue weighted by Crippen LogP contribution is 2.25. The quantitative estimate of drug-likeness (QED) is 0.842. The maximum absolute atomic E-state index is 12.4. The number of carbonyl (C=O) groups excluding carboxylic acids is 1. The van der Waals surface area contributed by atoms with Gasteiger partial charge in [0.1, 0.15) is 0 Å². The van der Waals surface area contributed by atoms with Gasteiger partial charge in [-0.3, -0.25) is 0 Å². The Morgan fingerprint density at radius 1 is 0.958 bits per heavy atom. The first-order valence-corrected chi connectivity index (χ1v) is 8.61. The maximum atomic E-state index is 12.4. The summed E-state index contributed by atoms with van der Waals surface area (Å²) in [5.74, 6) is 0. The maximum Gasteiger partial charge on any atom is 0.321 e. The Kier molecular flexibility index (Phi) is 5.17. The normalized spacial score (nSPS) is 14.6. The van der Waals surface area contributed by atoms with E-state index >= 15 is 0 Å². The molecule has 0 radical (unpaired) electrons. The monoisotopic (exact) mass is 363 g/mol. The van der Waals surface area contributed by atoms with Gasteiger partial charge in [-0.1, -0.05) is 29.3 Å². The summed E-state index contributed by atoms with van der Waals surface area (Å²) in [5.41, 5.74) is 3.08. The van der Waals surface area contributed by atoms with Gasteiger partial charge in [0, 0.05) is 47.6 Å². The van der Waals surface area contributed by atoms with Gasteiger partial charge in [0.15, 0.2) is 0 Å². The minimum atomic E-state index is -0.0835. The fraction of sp³-hybridized carbons (Fsp3) is 0.278. The Morgan fingerprint density at radius 3 is 2.25 bits per heavy atom. The fourth-order valence-electron chi connectivity index (χ4n) is 2.81. The van der Waals surface area contributed by atoms with Crippen molar-refractivity contribution in [1.29, 1.82) is 0 Å². The van der Waals surface area contributed by atoms with Gasteiger partial charge in [-0.15, -0.1) is 0 Å². The van der Waals surface area contributed by atoms with Crippen LogP contribution in [0, 0.1) is 6.92 Å². The lowest BCUT2D eigenvalue weighted by Gasteiger charge is -2.36. The van der Waals surface area contributed by atoms with Crippen LogP contribution in [-0.2, 0) is 0 Å². The number of amides is 2. The van der Waals surface area contributed by atoms with Gasteiger partial charge in [0.25, 0.3) is 0 Å². The zero-order chi connectivity index (χ0) is 17.1. The van der Waals surface area contributed by atoms with E-state index in [4.69, 9.17) is 23.2 Å². The number of hydrogen-bond donors (Lipinski definition) is 1. The van der Waals surface area contributed by atoms with Crippen molar-refractivity contribution in [2.24, 2.45) is 0 Å². The molecule has 0 spiro atoms. The topological polar surface area (TPSA) is 35.6 Å². The van der Waals surface area contributed by atoms with E-state index in [1.165, 1.54) is 5.56 Å². The van der Waals surface area contributed by atoms with Crippen LogP contribution >= 0.6 is 23.2 Å². The average molecular weight is 364 g/mol. The molecule has 24 heavy (non-hydrogen) atoms. The van der Waals surface area contributed by atoms with E-state index in [1.807, 2.05) is 23.1 Å². The number of piperazine rings is 1. The summed E-state index contributed by atoms with van der Waals surface area (Å²) in [7, 11) is 0. The molecule has 4 nitrogen and oxygen atoms in total. The van der Waals surface area contributed by atoms with Crippen LogP contribution in [0.15, 0.2) is 42.5 Å². The molecule has 1 fully saturated rings. The van der Waals surface area contributed by atoms with Crippen molar-refractivity contribution in [3.05, 3.63) is 58.1 Å². The first-order chi connectivity index (χ1) is 11.5. The fourth-order valence-corrected chi connectivity index (χ4v) is 3.10. The summed E-state index contributed by atoms with van der Waals surface area (Å²) in [6, 6.07) is 12.9. The minimum absolute atomic E-state index is 0.0835. The molecule has 2 aromatic carbocycles. The third-order valence-corrected chi connectivity index (χ3v) is 4.66. The highest BCUT2D eigenvalue weighted by Gasteiger charge is 2.22. The molecule has 2 amide bonds. The molecule has 0 unspecified atom stereocenters. The molecule has 6 heteroatoms. The Bertz CT molecular complexity index is 726. The molecule has 126 valence electrons. The number of anilines is 2. The number of aryl methyl sites for hydroxylation is 1. The summed E-state index contributed by atoms with van der Waals surface area (Å²) in [5, 5.41) is 4.29. The van der Waals surface area contributed by atoms with E-state index < -0.39 is 0 Å². The molecule has 1 saturated heterocycles. The number of rotatable bonds is 2. The van der Waals surface area contributed by atoms with Crippen LogP contribution < -0.4 is 10.2 Å². The Hall–Kier alpha value is -1.91. The van der Waals surface area contributed by atoms with Crippen LogP contribution in [0.4, 0.5) is 16.2 Å². The van der Waals surface area contributed by atoms with Crippen molar-refractivity contribution in [3.8, 4) is 0 Å². The second-order valence-electron chi connectivity index (χ2n) is 5.84. The lowest BCUT2D eigenvalue weighted by Crippen LogP contribution is -2.50. The van der Waals surface area contributed by atoms with Gasteiger partial charge < -0.3 is 15.1 Å². The lowest BCUT2D eigenvalue weighted by atomic mass is 10.1. The average Bonchev–Trinajstić information content (AvgIpc) is 2.59. The predicted octanol–water partition coefficient (Wildman–Crippen LogP) is 4.66. The summed E-state index contributed by atoms with van der Waals surface area (Å²) in [4.78, 5) is 16.5. The van der Waals surface area contributed by atoms with Crippen molar-refractivity contribution < 1.29 is 4.79 Å². The Balaban J connectivity index is 1.59. The van der Waals surface area contributed by atoms with Crippen molar-refractivity contribution in [2.75, 3.05) is 36.4 Å². The molecule has 1 heterocycles. The molecule has 2 aromatic rings. The molecule has 1 N–H and O–H groups in total. The molecule has 1 aliphatic heterocycles. The SMILES string of the molecule is Cc1ccc(Cl)cc1N1CCN(C(=O)Nc2ccc(Cl)cc2)CC1. The standard InChI is InChI=1S/C18H19Cl2N3O/c1-13-2-3-15(20)12-17(13)22-8-10-23(11-9-22)18(24)21-16-6-4-14(19)5-7-16/h2-7,12H,8-11H2,1H3,(H,21,24). The zero-order valence-corrected chi connectivity index (χ0v) is 14.9. The highest BCUT2D eigenvalue weighted by atomic mass is 35.5. The highest BCUT2D eigenvalue weighted by molar-refractivity contribution is 6.31. The number of urea groups is 1. The second kappa shape index (κ2) is 7.32. The van der Waals surface area contributed by atoms with E-state index in [1.54, 1.807) is 24.3 Å². The molecule has 0 aromatic heterocycles. The predicted molar refractivity (Wildman–Crippen MR) is 100 cm³/mol. The molecule has 0 bridgehead atoms. The molecule has 3 rings (SSSR count). The van der Waals surface area contributed by atoms with Crippen molar-refractivity contribution in [2.45, 2.75) is 6.92 Å². The van der Waals surface area contributed by atoms with Crippen molar-refractivity contribution in [1.82, 2.24) is 4.90 Å². The van der Waals surface area contributed by atoms with Gasteiger partial charge in [0.05, 0.1) is 0 Å². The van der Waals surface area contributed by atoms with E-state index in [0.717, 1.165) is 29.5 Å². The van der Waals surface area contributed by atoms with Crippen molar-refractivity contribution in [3.63, 3.8) is 0 Å². The van der Waals surface area contributed by atoms with Gasteiger partial charge in [-0.2, -0.15) is 0 Å². The molecule has 0 aliphatic carbocycles. The third-order valence-electron chi connectivity index (χ3n) is 4.17. The number of nitrogens with zero attached hydrogens (tertiary/aromatic N) is 2.